The second kappa shape index (κ2) is 8.32. The van der Waals surface area contributed by atoms with Gasteiger partial charge in [0.05, 0.1) is 29.0 Å². The van der Waals surface area contributed by atoms with Crippen LogP contribution in [0.1, 0.15) is 35.6 Å². The van der Waals surface area contributed by atoms with Crippen LogP contribution >= 0.6 is 0 Å². The number of fused-ring (bicyclic) bond motifs is 5. The van der Waals surface area contributed by atoms with Crippen molar-refractivity contribution in [2.75, 3.05) is 7.05 Å². The number of hydrogen-bond acceptors (Lipinski definition) is 8. The Kier molecular flexibility index (Phi) is 5.46. The highest BCUT2D eigenvalue weighted by Gasteiger charge is 2.50. The number of esters is 1. The van der Waals surface area contributed by atoms with Gasteiger partial charge in [0.2, 0.25) is 5.60 Å². The third-order valence-electron chi connectivity index (χ3n) is 6.53. The minimum absolute atomic E-state index is 0.0401. The molecule has 2 aliphatic heterocycles. The molecule has 2 aromatic heterocycles. The molecule has 3 aromatic rings. The molecule has 0 radical (unpaired) electrons. The summed E-state index contributed by atoms with van der Waals surface area (Å²) in [6, 6.07) is 4.86. The quantitative estimate of drug-likeness (QED) is 0.324. The maximum Gasteiger partial charge on any atom is 0.420 e. The Morgan fingerprint density at radius 1 is 1.27 bits per heavy atom. The number of alkyl carbamates (subject to hydrolysis) is 1. The van der Waals surface area contributed by atoms with Gasteiger partial charge in [0.15, 0.2) is 0 Å². The van der Waals surface area contributed by atoms with E-state index in [2.05, 4.69) is 15.0 Å². The molecule has 37 heavy (non-hydrogen) atoms. The number of amides is 1. The van der Waals surface area contributed by atoms with Crippen molar-refractivity contribution in [3.05, 3.63) is 56.9 Å². The number of pyridine rings is 2. The van der Waals surface area contributed by atoms with Gasteiger partial charge in [-0.25, -0.2) is 14.6 Å². The number of cyclic esters (lactones) is 1. The lowest BCUT2D eigenvalue weighted by Gasteiger charge is -2.35. The normalized spacial score (nSPS) is 17.9. The lowest BCUT2D eigenvalue weighted by Crippen LogP contribution is -2.48. The predicted molar refractivity (Wildman–Crippen MR) is 120 cm³/mol. The minimum Gasteiger partial charge on any atom is -0.457 e. The Hall–Kier alpha value is -4.42. The highest BCUT2D eigenvalue weighted by molar-refractivity contribution is 5.89. The zero-order valence-electron chi connectivity index (χ0n) is 19.4. The van der Waals surface area contributed by atoms with Crippen LogP contribution in [-0.2, 0) is 44.0 Å². The lowest BCUT2D eigenvalue weighted by atomic mass is 9.85. The molecule has 10 nitrogen and oxygen atoms in total. The highest BCUT2D eigenvalue weighted by Crippen LogP contribution is 2.43. The highest BCUT2D eigenvalue weighted by atomic mass is 19.4. The minimum atomic E-state index is -4.82. The summed E-state index contributed by atoms with van der Waals surface area (Å²) in [4.78, 5) is 53.5. The van der Waals surface area contributed by atoms with E-state index in [0.29, 0.717) is 5.56 Å². The van der Waals surface area contributed by atoms with Crippen LogP contribution in [0.25, 0.3) is 22.3 Å². The van der Waals surface area contributed by atoms with Gasteiger partial charge in [0.25, 0.3) is 12.0 Å². The molecule has 2 aliphatic rings. The molecule has 0 saturated carbocycles. The van der Waals surface area contributed by atoms with Crippen LogP contribution in [0.5, 0.6) is 5.75 Å². The van der Waals surface area contributed by atoms with Gasteiger partial charge < -0.3 is 24.1 Å². The van der Waals surface area contributed by atoms with Gasteiger partial charge in [-0.2, -0.15) is 13.2 Å². The van der Waals surface area contributed by atoms with Crippen LogP contribution in [0.15, 0.2) is 29.1 Å². The van der Waals surface area contributed by atoms with Crippen molar-refractivity contribution >= 4 is 29.4 Å². The number of carbonyl (C=O) groups excluding carboxylic acids is 3. The molecular formula is C24H18F3N3O7. The summed E-state index contributed by atoms with van der Waals surface area (Å²) >= 11 is 0. The Morgan fingerprint density at radius 2 is 2.03 bits per heavy atom. The number of hydrogen-bond donors (Lipinski definition) is 1. The van der Waals surface area contributed by atoms with Gasteiger partial charge in [0, 0.05) is 23.6 Å². The molecule has 0 fully saturated rings. The summed E-state index contributed by atoms with van der Waals surface area (Å²) in [5.74, 6) is -1.52. The van der Waals surface area contributed by atoms with Gasteiger partial charge >= 0.3 is 18.2 Å². The first kappa shape index (κ1) is 24.3. The first-order valence-electron chi connectivity index (χ1n) is 11.0. The summed E-state index contributed by atoms with van der Waals surface area (Å²) < 4.78 is 57.3. The molecule has 0 unspecified atom stereocenters. The summed E-state index contributed by atoms with van der Waals surface area (Å²) in [6.45, 7) is 1.20. The van der Waals surface area contributed by atoms with Gasteiger partial charge in [0.1, 0.15) is 17.9 Å². The van der Waals surface area contributed by atoms with E-state index >= 15 is 0 Å². The summed E-state index contributed by atoms with van der Waals surface area (Å²) in [5.41, 5.74) is -2.40. The number of alkyl halides is 3. The molecule has 0 spiro atoms. The largest absolute Gasteiger partial charge is 0.457 e. The fourth-order valence-corrected chi connectivity index (χ4v) is 4.75. The zero-order chi connectivity index (χ0) is 26.7. The molecule has 1 N–H and O–H groups in total. The van der Waals surface area contributed by atoms with Crippen LogP contribution in [0, 0.1) is 0 Å². The van der Waals surface area contributed by atoms with E-state index in [1.165, 1.54) is 17.7 Å². The Morgan fingerprint density at radius 3 is 2.68 bits per heavy atom. The van der Waals surface area contributed by atoms with Gasteiger partial charge in [-0.15, -0.1) is 0 Å². The van der Waals surface area contributed by atoms with Crippen molar-refractivity contribution < 1.29 is 41.8 Å². The molecular weight excluding hydrogens is 499 g/mol. The SMILES string of the molecule is CC[C@@]1(OC(=O)NC)C(=O)OCc2c1cc1n(c2=O)Cc2cc3cc(OC=O)c(C(F)(F)F)cc3nc2-1. The number of ether oxygens (including phenoxy) is 3. The molecule has 1 aromatic carbocycles. The molecule has 0 aliphatic carbocycles. The van der Waals surface area contributed by atoms with E-state index in [9.17, 15) is 32.3 Å². The van der Waals surface area contributed by atoms with Crippen LogP contribution in [0.3, 0.4) is 0 Å². The van der Waals surface area contributed by atoms with Crippen LogP contribution in [0.4, 0.5) is 18.0 Å². The summed E-state index contributed by atoms with van der Waals surface area (Å²) in [5, 5.41) is 2.53. The van der Waals surface area contributed by atoms with Crippen molar-refractivity contribution in [3.63, 3.8) is 0 Å². The van der Waals surface area contributed by atoms with Gasteiger partial charge in [-0.05, 0) is 30.7 Å². The fourth-order valence-electron chi connectivity index (χ4n) is 4.75. The molecule has 0 bridgehead atoms. The van der Waals surface area contributed by atoms with Crippen LogP contribution in [0.2, 0.25) is 0 Å². The number of halogens is 3. The predicted octanol–water partition coefficient (Wildman–Crippen LogP) is 3.00. The van der Waals surface area contributed by atoms with E-state index in [1.54, 1.807) is 13.0 Å². The topological polar surface area (TPSA) is 126 Å². The zero-order valence-corrected chi connectivity index (χ0v) is 19.4. The first-order valence-corrected chi connectivity index (χ1v) is 11.0. The fraction of sp³-hybridized carbons (Fsp3) is 0.292. The van der Waals surface area contributed by atoms with Crippen molar-refractivity contribution in [2.45, 2.75) is 38.3 Å². The number of nitrogens with zero attached hydrogens (tertiary/aromatic N) is 2. The second-order valence-corrected chi connectivity index (χ2v) is 8.46. The molecule has 13 heteroatoms. The average molecular weight is 517 g/mol. The molecule has 192 valence electrons. The van der Waals surface area contributed by atoms with E-state index in [0.717, 1.165) is 12.1 Å². The van der Waals surface area contributed by atoms with Gasteiger partial charge in [-0.3, -0.25) is 9.59 Å². The molecule has 0 saturated heterocycles. The number of benzene rings is 1. The van der Waals surface area contributed by atoms with E-state index in [1.807, 2.05) is 0 Å². The molecule has 5 rings (SSSR count). The average Bonchev–Trinajstić information content (AvgIpc) is 3.21. The number of rotatable bonds is 4. The lowest BCUT2D eigenvalue weighted by molar-refractivity contribution is -0.172. The Labute approximate surface area is 205 Å². The van der Waals surface area contributed by atoms with Gasteiger partial charge in [-0.1, -0.05) is 6.92 Å². The Bertz CT molecular complexity index is 1560. The van der Waals surface area contributed by atoms with Crippen LogP contribution in [-0.4, -0.2) is 35.1 Å². The van der Waals surface area contributed by atoms with Crippen molar-refractivity contribution in [1.29, 1.82) is 0 Å². The van der Waals surface area contributed by atoms with E-state index in [-0.39, 0.29) is 59.5 Å². The summed E-state index contributed by atoms with van der Waals surface area (Å²) in [6.07, 6.45) is -5.77. The maximum absolute atomic E-state index is 13.6. The number of carbonyl (C=O) groups is 3. The molecule has 4 heterocycles. The first-order chi connectivity index (χ1) is 17.5. The van der Waals surface area contributed by atoms with E-state index < -0.39 is 40.7 Å². The van der Waals surface area contributed by atoms with Crippen molar-refractivity contribution in [1.82, 2.24) is 14.9 Å². The molecule has 1 amide bonds. The Balaban J connectivity index is 1.74. The third kappa shape index (κ3) is 3.60. The van der Waals surface area contributed by atoms with Crippen molar-refractivity contribution in [3.8, 4) is 17.1 Å². The van der Waals surface area contributed by atoms with E-state index in [4.69, 9.17) is 9.47 Å². The maximum atomic E-state index is 13.6. The summed E-state index contributed by atoms with van der Waals surface area (Å²) in [7, 11) is 1.31. The monoisotopic (exact) mass is 517 g/mol. The van der Waals surface area contributed by atoms with Crippen LogP contribution < -0.4 is 15.6 Å². The number of nitrogens with one attached hydrogen (secondary N) is 1. The standard InChI is InChI=1S/C24H18F3N3O7/c1-3-23(37-22(34)28-2)14-7-17-19-12(8-30(17)20(32)13(14)9-35-21(23)33)4-11-5-18(36-10-31)15(24(25,26)27)6-16(11)29-19/h4-7,10H,3,8-9H2,1-2H3,(H,28,34)/t23-/m0/s1. The number of aromatic nitrogens is 2. The third-order valence-corrected chi connectivity index (χ3v) is 6.53. The second-order valence-electron chi connectivity index (χ2n) is 8.46. The molecule has 1 atom stereocenters. The van der Waals surface area contributed by atoms with Crippen molar-refractivity contribution in [2.24, 2.45) is 0 Å². The smallest absolute Gasteiger partial charge is 0.420 e.